The second kappa shape index (κ2) is 6.76. The minimum atomic E-state index is -8.04. The van der Waals surface area contributed by atoms with Crippen molar-refractivity contribution in [2.45, 2.75) is 42.7 Å². The molecule has 174 valence electrons. The van der Waals surface area contributed by atoms with Gasteiger partial charge in [0.05, 0.1) is 0 Å². The van der Waals surface area contributed by atoms with Gasteiger partial charge in [0, 0.05) is 5.39 Å². The highest BCUT2D eigenvalue weighted by Gasteiger charge is 2.91. The summed E-state index contributed by atoms with van der Waals surface area (Å²) in [5, 5.41) is -0.591. The Hall–Kier alpha value is -2.48. The molecule has 1 aromatic heterocycles. The smallest absolute Gasteiger partial charge is 0.422 e. The lowest BCUT2D eigenvalue weighted by Crippen LogP contribution is -2.69. The van der Waals surface area contributed by atoms with Crippen LogP contribution in [-0.4, -0.2) is 29.9 Å². The van der Waals surface area contributed by atoms with Crippen LogP contribution in [0.25, 0.3) is 11.0 Å². The standard InChI is InChI=1S/C16H7F13O2/c1-6-2-3-7-5-8(10(30)31-9(7)4-6)11(17,18)12(19,20)13(21,22)14(23,24)15(25,26)16(27,28)29/h2-5H,1H3. The van der Waals surface area contributed by atoms with Gasteiger partial charge < -0.3 is 4.42 Å². The van der Waals surface area contributed by atoms with Crippen LogP contribution in [0.3, 0.4) is 0 Å². The van der Waals surface area contributed by atoms with Gasteiger partial charge >= 0.3 is 41.4 Å². The van der Waals surface area contributed by atoms with E-state index in [2.05, 4.69) is 4.42 Å². The molecule has 0 fully saturated rings. The molecule has 2 rings (SSSR count). The maximum atomic E-state index is 14.2. The molecule has 1 aromatic carbocycles. The highest BCUT2D eigenvalue weighted by Crippen LogP contribution is 2.61. The van der Waals surface area contributed by atoms with Crippen LogP contribution in [0.4, 0.5) is 57.1 Å². The van der Waals surface area contributed by atoms with Crippen molar-refractivity contribution in [1.82, 2.24) is 0 Å². The predicted molar refractivity (Wildman–Crippen MR) is 77.0 cm³/mol. The zero-order valence-electron chi connectivity index (χ0n) is 14.5. The topological polar surface area (TPSA) is 30.2 Å². The van der Waals surface area contributed by atoms with Crippen molar-refractivity contribution in [3.63, 3.8) is 0 Å². The summed E-state index contributed by atoms with van der Waals surface area (Å²) >= 11 is 0. The Morgan fingerprint density at radius 3 is 1.65 bits per heavy atom. The molecule has 0 unspecified atom stereocenters. The summed E-state index contributed by atoms with van der Waals surface area (Å²) in [7, 11) is 0. The van der Waals surface area contributed by atoms with E-state index in [1.807, 2.05) is 0 Å². The van der Waals surface area contributed by atoms with E-state index in [9.17, 15) is 61.9 Å². The average Bonchev–Trinajstić information content (AvgIpc) is 2.59. The van der Waals surface area contributed by atoms with E-state index in [1.54, 1.807) is 0 Å². The van der Waals surface area contributed by atoms with Crippen molar-refractivity contribution in [3.05, 3.63) is 45.8 Å². The Morgan fingerprint density at radius 2 is 1.16 bits per heavy atom. The molecule has 0 bridgehead atoms. The first kappa shape index (κ1) is 24.8. The fourth-order valence-electron chi connectivity index (χ4n) is 2.38. The Kier molecular flexibility index (Phi) is 5.40. The van der Waals surface area contributed by atoms with Gasteiger partial charge in [0.1, 0.15) is 11.1 Å². The van der Waals surface area contributed by atoms with Crippen molar-refractivity contribution in [2.24, 2.45) is 0 Å². The fourth-order valence-corrected chi connectivity index (χ4v) is 2.38. The van der Waals surface area contributed by atoms with E-state index in [4.69, 9.17) is 0 Å². The number of hydrogen-bond donors (Lipinski definition) is 0. The zero-order chi connectivity index (χ0) is 24.4. The first-order valence-corrected chi connectivity index (χ1v) is 7.63. The number of halogens is 13. The Labute approximate surface area is 162 Å². The van der Waals surface area contributed by atoms with E-state index in [0.29, 0.717) is 5.56 Å². The minimum Gasteiger partial charge on any atom is -0.422 e. The molecule has 0 radical (unpaired) electrons. The summed E-state index contributed by atoms with van der Waals surface area (Å²) in [6, 6.07) is 2.87. The summed E-state index contributed by atoms with van der Waals surface area (Å²) in [6.07, 6.45) is -7.51. The third kappa shape index (κ3) is 3.32. The summed E-state index contributed by atoms with van der Waals surface area (Å²) < 4.78 is 176. The van der Waals surface area contributed by atoms with Crippen molar-refractivity contribution < 1.29 is 61.5 Å². The van der Waals surface area contributed by atoms with Gasteiger partial charge in [0.15, 0.2) is 0 Å². The highest BCUT2D eigenvalue weighted by atomic mass is 19.4. The van der Waals surface area contributed by atoms with Crippen molar-refractivity contribution in [3.8, 4) is 0 Å². The van der Waals surface area contributed by atoms with Crippen LogP contribution >= 0.6 is 0 Å². The van der Waals surface area contributed by atoms with Crippen LogP contribution in [0.1, 0.15) is 11.1 Å². The third-order valence-corrected chi connectivity index (χ3v) is 4.16. The number of aryl methyl sites for hydroxylation is 1. The Bertz CT molecular complexity index is 1050. The highest BCUT2D eigenvalue weighted by molar-refractivity contribution is 5.77. The number of fused-ring (bicyclic) bond motifs is 1. The van der Waals surface area contributed by atoms with E-state index in [-0.39, 0.29) is 6.07 Å². The molecule has 2 nitrogen and oxygen atoms in total. The average molecular weight is 478 g/mol. The molecule has 0 spiro atoms. The number of rotatable bonds is 5. The number of hydrogen-bond acceptors (Lipinski definition) is 2. The van der Waals surface area contributed by atoms with Crippen LogP contribution in [0.15, 0.2) is 33.5 Å². The van der Waals surface area contributed by atoms with Gasteiger partial charge in [-0.25, -0.2) is 4.79 Å². The molecular weight excluding hydrogens is 471 g/mol. The number of alkyl halides is 13. The van der Waals surface area contributed by atoms with Crippen LogP contribution in [0.5, 0.6) is 0 Å². The van der Waals surface area contributed by atoms with E-state index in [0.717, 1.165) is 18.2 Å². The Balaban J connectivity index is 2.72. The van der Waals surface area contributed by atoms with Gasteiger partial charge in [0.25, 0.3) is 0 Å². The van der Waals surface area contributed by atoms with E-state index >= 15 is 0 Å². The van der Waals surface area contributed by atoms with Gasteiger partial charge in [-0.05, 0) is 24.6 Å². The minimum absolute atomic E-state index is 0.162. The van der Waals surface area contributed by atoms with Gasteiger partial charge in [0.2, 0.25) is 0 Å². The van der Waals surface area contributed by atoms with E-state index < -0.39 is 57.9 Å². The van der Waals surface area contributed by atoms with E-state index in [1.165, 1.54) is 6.92 Å². The first-order valence-electron chi connectivity index (χ1n) is 7.63. The lowest BCUT2D eigenvalue weighted by atomic mass is 9.91. The molecule has 0 saturated heterocycles. The molecule has 0 aliphatic heterocycles. The molecule has 15 heteroatoms. The summed E-state index contributed by atoms with van der Waals surface area (Å²) in [6.45, 7) is 1.40. The zero-order valence-corrected chi connectivity index (χ0v) is 14.5. The second-order valence-corrected chi connectivity index (χ2v) is 6.36. The maximum absolute atomic E-state index is 14.2. The molecule has 31 heavy (non-hydrogen) atoms. The summed E-state index contributed by atoms with van der Waals surface area (Å²) in [5.41, 5.74) is -5.28. The third-order valence-electron chi connectivity index (χ3n) is 4.16. The molecular formula is C16H7F13O2. The molecule has 0 atom stereocenters. The predicted octanol–water partition coefficient (Wildman–Crippen LogP) is 6.30. The quantitative estimate of drug-likeness (QED) is 0.373. The van der Waals surface area contributed by atoms with Crippen molar-refractivity contribution in [2.75, 3.05) is 0 Å². The van der Waals surface area contributed by atoms with Gasteiger partial charge in [-0.2, -0.15) is 57.1 Å². The van der Waals surface area contributed by atoms with Crippen molar-refractivity contribution >= 4 is 11.0 Å². The van der Waals surface area contributed by atoms with Crippen LogP contribution < -0.4 is 5.63 Å². The Morgan fingerprint density at radius 1 is 0.677 bits per heavy atom. The van der Waals surface area contributed by atoms with Crippen LogP contribution in [0, 0.1) is 6.92 Å². The first-order chi connectivity index (χ1) is 13.6. The second-order valence-electron chi connectivity index (χ2n) is 6.36. The molecule has 0 saturated carbocycles. The van der Waals surface area contributed by atoms with Gasteiger partial charge in [-0.3, -0.25) is 0 Å². The number of benzene rings is 1. The maximum Gasteiger partial charge on any atom is 0.460 e. The van der Waals surface area contributed by atoms with Gasteiger partial charge in [-0.1, -0.05) is 12.1 Å². The molecule has 2 aromatic rings. The molecule has 1 heterocycles. The normalized spacial score (nSPS) is 14.9. The fraction of sp³-hybridized carbons (Fsp3) is 0.438. The molecule has 0 N–H and O–H groups in total. The monoisotopic (exact) mass is 478 g/mol. The lowest BCUT2D eigenvalue weighted by Gasteiger charge is -2.39. The molecule has 0 aliphatic carbocycles. The lowest BCUT2D eigenvalue weighted by molar-refractivity contribution is -0.441. The van der Waals surface area contributed by atoms with Crippen molar-refractivity contribution in [1.29, 1.82) is 0 Å². The summed E-state index contributed by atoms with van der Waals surface area (Å²) in [4.78, 5) is 11.6. The molecule has 0 aliphatic rings. The SMILES string of the molecule is Cc1ccc2cc(C(F)(F)C(F)(F)C(F)(F)C(F)(F)C(F)(F)C(F)(F)F)c(=O)oc2c1. The van der Waals surface area contributed by atoms with Gasteiger partial charge in [-0.15, -0.1) is 0 Å². The summed E-state index contributed by atoms with van der Waals surface area (Å²) in [5.74, 6) is -38.1. The largest absolute Gasteiger partial charge is 0.460 e. The van der Waals surface area contributed by atoms with Crippen LogP contribution in [0.2, 0.25) is 0 Å². The van der Waals surface area contributed by atoms with Crippen LogP contribution in [-0.2, 0) is 5.92 Å². The molecule has 0 amide bonds.